The second-order valence-electron chi connectivity index (χ2n) is 6.95. The van der Waals surface area contributed by atoms with E-state index in [1.54, 1.807) is 30.0 Å². The van der Waals surface area contributed by atoms with E-state index in [-0.39, 0.29) is 11.9 Å². The van der Waals surface area contributed by atoms with Crippen molar-refractivity contribution in [1.29, 1.82) is 5.26 Å². The number of nitriles is 1. The monoisotopic (exact) mass is 377 g/mol. The number of nitrogens with zero attached hydrogens (tertiary/aromatic N) is 3. The normalized spacial score (nSPS) is 18.8. The van der Waals surface area contributed by atoms with Crippen LogP contribution in [0.3, 0.4) is 0 Å². The van der Waals surface area contributed by atoms with Crippen LogP contribution >= 0.6 is 0 Å². The Morgan fingerprint density at radius 3 is 2.64 bits per heavy atom. The van der Waals surface area contributed by atoms with Crippen molar-refractivity contribution >= 4 is 11.6 Å². The van der Waals surface area contributed by atoms with Gasteiger partial charge in [-0.3, -0.25) is 4.79 Å². The minimum absolute atomic E-state index is 0.152. The van der Waals surface area contributed by atoms with Crippen molar-refractivity contribution in [3.05, 3.63) is 59.2 Å². The number of oxime groups is 1. The minimum Gasteiger partial charge on any atom is -0.399 e. The summed E-state index contributed by atoms with van der Waals surface area (Å²) in [6.07, 6.45) is -0.167. The van der Waals surface area contributed by atoms with E-state index < -0.39 is 6.10 Å². The minimum atomic E-state index is -0.663. The molecule has 0 aliphatic carbocycles. The van der Waals surface area contributed by atoms with Crippen molar-refractivity contribution in [3.8, 4) is 17.2 Å². The number of amides is 1. The first-order chi connectivity index (χ1) is 13.5. The van der Waals surface area contributed by atoms with Gasteiger partial charge in [0.1, 0.15) is 7.11 Å². The molecule has 1 fully saturated rings. The van der Waals surface area contributed by atoms with Crippen molar-refractivity contribution in [2.45, 2.75) is 32.4 Å². The van der Waals surface area contributed by atoms with Crippen molar-refractivity contribution in [2.24, 2.45) is 5.16 Å². The lowest BCUT2D eigenvalue weighted by atomic mass is 9.96. The van der Waals surface area contributed by atoms with Gasteiger partial charge >= 0.3 is 0 Å². The molecule has 1 aliphatic rings. The molecule has 144 valence electrons. The van der Waals surface area contributed by atoms with E-state index in [0.717, 1.165) is 22.4 Å². The van der Waals surface area contributed by atoms with Gasteiger partial charge in [-0.1, -0.05) is 29.4 Å². The third-order valence-electron chi connectivity index (χ3n) is 5.13. The van der Waals surface area contributed by atoms with Gasteiger partial charge in [-0.05, 0) is 48.7 Å². The van der Waals surface area contributed by atoms with Gasteiger partial charge in [0.2, 0.25) is 0 Å². The van der Waals surface area contributed by atoms with Crippen LogP contribution in [0, 0.1) is 18.3 Å². The van der Waals surface area contributed by atoms with E-state index in [1.807, 2.05) is 31.2 Å². The van der Waals surface area contributed by atoms with Crippen LogP contribution in [0.5, 0.6) is 0 Å². The smallest absolute Gasteiger partial charge is 0.254 e. The van der Waals surface area contributed by atoms with Crippen molar-refractivity contribution in [3.63, 3.8) is 0 Å². The highest BCUT2D eigenvalue weighted by atomic mass is 16.6. The molecule has 2 atom stereocenters. The highest BCUT2D eigenvalue weighted by Gasteiger charge is 2.36. The van der Waals surface area contributed by atoms with Crippen molar-refractivity contribution in [1.82, 2.24) is 4.90 Å². The summed E-state index contributed by atoms with van der Waals surface area (Å²) in [6, 6.07) is 14.8. The average molecular weight is 377 g/mol. The van der Waals surface area contributed by atoms with Gasteiger partial charge in [-0.15, -0.1) is 0 Å². The predicted octanol–water partition coefficient (Wildman–Crippen LogP) is 3.13. The first kappa shape index (κ1) is 19.6. The average Bonchev–Trinajstić information content (AvgIpc) is 3.12. The molecule has 1 heterocycles. The number of carbonyl (C=O) groups is 1. The summed E-state index contributed by atoms with van der Waals surface area (Å²) in [7, 11) is 1.47. The molecule has 2 aromatic rings. The maximum atomic E-state index is 13.0. The van der Waals surface area contributed by atoms with Crippen LogP contribution in [0.2, 0.25) is 0 Å². The van der Waals surface area contributed by atoms with Gasteiger partial charge in [-0.25, -0.2) is 0 Å². The summed E-state index contributed by atoms with van der Waals surface area (Å²) in [6.45, 7) is 3.93. The molecular formula is C22H23N3O3. The SMILES string of the molecule is CON=C1CC(C(C)O)N(C(=O)c2ccc(-c3cccc(C#N)c3C)cc2)C1. The molecular weight excluding hydrogens is 354 g/mol. The quantitative estimate of drug-likeness (QED) is 0.830. The molecule has 3 rings (SSSR count). The highest BCUT2D eigenvalue weighted by molar-refractivity contribution is 6.00. The summed E-state index contributed by atoms with van der Waals surface area (Å²) in [5.41, 5.74) is 4.75. The zero-order valence-electron chi connectivity index (χ0n) is 16.2. The summed E-state index contributed by atoms with van der Waals surface area (Å²) in [5.74, 6) is -0.152. The van der Waals surface area contributed by atoms with Crippen LogP contribution in [0.15, 0.2) is 47.6 Å². The Morgan fingerprint density at radius 1 is 1.32 bits per heavy atom. The number of carbonyl (C=O) groups excluding carboxylic acids is 1. The van der Waals surface area contributed by atoms with Crippen LogP contribution < -0.4 is 0 Å². The second-order valence-corrected chi connectivity index (χ2v) is 6.95. The number of hydrogen-bond donors (Lipinski definition) is 1. The molecule has 2 aromatic carbocycles. The molecule has 0 saturated carbocycles. The lowest BCUT2D eigenvalue weighted by molar-refractivity contribution is 0.0538. The van der Waals surface area contributed by atoms with Gasteiger partial charge in [0.15, 0.2) is 0 Å². The van der Waals surface area contributed by atoms with Crippen LogP contribution in [0.25, 0.3) is 11.1 Å². The molecule has 1 aliphatic heterocycles. The summed E-state index contributed by atoms with van der Waals surface area (Å²) < 4.78 is 0. The van der Waals surface area contributed by atoms with Gasteiger partial charge in [0.05, 0.1) is 36.0 Å². The first-order valence-corrected chi connectivity index (χ1v) is 9.14. The zero-order valence-corrected chi connectivity index (χ0v) is 16.2. The lowest BCUT2D eigenvalue weighted by Gasteiger charge is -2.26. The van der Waals surface area contributed by atoms with Crippen molar-refractivity contribution < 1.29 is 14.7 Å². The molecule has 0 aromatic heterocycles. The largest absolute Gasteiger partial charge is 0.399 e. The molecule has 28 heavy (non-hydrogen) atoms. The number of aliphatic hydroxyl groups is 1. The Hall–Kier alpha value is -3.17. The van der Waals surface area contributed by atoms with E-state index in [2.05, 4.69) is 11.2 Å². The summed E-state index contributed by atoms with van der Waals surface area (Å²) >= 11 is 0. The van der Waals surface area contributed by atoms with Crippen LogP contribution in [0.1, 0.15) is 34.8 Å². The number of likely N-dealkylation sites (tertiary alicyclic amines) is 1. The molecule has 6 nitrogen and oxygen atoms in total. The van der Waals surface area contributed by atoms with Gasteiger partial charge in [0.25, 0.3) is 5.91 Å². The Morgan fingerprint density at radius 2 is 2.04 bits per heavy atom. The summed E-state index contributed by atoms with van der Waals surface area (Å²) in [5, 5.41) is 23.2. The standard InChI is InChI=1S/C22H23N3O3/c1-14-18(12-23)5-4-6-20(14)16-7-9-17(10-8-16)22(27)25-13-19(24-28-3)11-21(25)15(2)26/h4-10,15,21,26H,11,13H2,1-3H3. The number of rotatable bonds is 4. The Balaban J connectivity index is 1.86. The van der Waals surface area contributed by atoms with E-state index in [4.69, 9.17) is 4.84 Å². The highest BCUT2D eigenvalue weighted by Crippen LogP contribution is 2.27. The van der Waals surface area contributed by atoms with Crippen molar-refractivity contribution in [2.75, 3.05) is 13.7 Å². The Kier molecular flexibility index (Phi) is 5.76. The van der Waals surface area contributed by atoms with E-state index in [9.17, 15) is 15.2 Å². The van der Waals surface area contributed by atoms with E-state index in [0.29, 0.717) is 24.1 Å². The fourth-order valence-corrected chi connectivity index (χ4v) is 3.61. The Bertz CT molecular complexity index is 942. The molecule has 0 radical (unpaired) electrons. The molecule has 1 saturated heterocycles. The maximum absolute atomic E-state index is 13.0. The maximum Gasteiger partial charge on any atom is 0.254 e. The Labute approximate surface area is 164 Å². The molecule has 6 heteroatoms. The number of aliphatic hydroxyl groups excluding tert-OH is 1. The fourth-order valence-electron chi connectivity index (χ4n) is 3.61. The summed E-state index contributed by atoms with van der Waals surface area (Å²) in [4.78, 5) is 19.5. The molecule has 1 amide bonds. The van der Waals surface area contributed by atoms with Crippen LogP contribution in [-0.4, -0.2) is 47.4 Å². The topological polar surface area (TPSA) is 85.9 Å². The second kappa shape index (κ2) is 8.24. The lowest BCUT2D eigenvalue weighted by Crippen LogP contribution is -2.41. The van der Waals surface area contributed by atoms with Gasteiger partial charge < -0.3 is 14.8 Å². The third kappa shape index (κ3) is 3.75. The molecule has 1 N–H and O–H groups in total. The number of benzene rings is 2. The van der Waals surface area contributed by atoms with E-state index >= 15 is 0 Å². The van der Waals surface area contributed by atoms with Gasteiger partial charge in [-0.2, -0.15) is 5.26 Å². The molecule has 2 unspecified atom stereocenters. The third-order valence-corrected chi connectivity index (χ3v) is 5.13. The van der Waals surface area contributed by atoms with Crippen LogP contribution in [-0.2, 0) is 4.84 Å². The molecule has 0 bridgehead atoms. The number of hydrogen-bond acceptors (Lipinski definition) is 5. The first-order valence-electron chi connectivity index (χ1n) is 9.14. The van der Waals surface area contributed by atoms with E-state index in [1.165, 1.54) is 7.11 Å². The van der Waals surface area contributed by atoms with Crippen LogP contribution in [0.4, 0.5) is 0 Å². The predicted molar refractivity (Wildman–Crippen MR) is 107 cm³/mol. The van der Waals surface area contributed by atoms with Gasteiger partial charge in [0, 0.05) is 12.0 Å². The molecule has 0 spiro atoms. The fraction of sp³-hybridized carbons (Fsp3) is 0.318. The zero-order chi connectivity index (χ0) is 20.3.